The van der Waals surface area contributed by atoms with Crippen molar-refractivity contribution in [2.45, 2.75) is 6.61 Å². The molecule has 0 saturated carbocycles. The molecule has 5 heteroatoms. The quantitative estimate of drug-likeness (QED) is 0.459. The van der Waals surface area contributed by atoms with Crippen LogP contribution in [0.2, 0.25) is 5.15 Å². The Balaban J connectivity index is 1.74. The second-order valence-corrected chi connectivity index (χ2v) is 5.61. The average molecular weight is 353 g/mol. The number of nitrogens with zero attached hydrogens (tertiary/aromatic N) is 2. The SMILES string of the molecule is COc1cc(C=Nc2cccnc2Cl)ccc1OCc1ccccc1. The highest BCUT2D eigenvalue weighted by atomic mass is 35.5. The summed E-state index contributed by atoms with van der Waals surface area (Å²) in [7, 11) is 1.61. The summed E-state index contributed by atoms with van der Waals surface area (Å²) in [5.41, 5.74) is 2.60. The zero-order valence-corrected chi connectivity index (χ0v) is 14.5. The molecule has 25 heavy (non-hydrogen) atoms. The van der Waals surface area contributed by atoms with Crippen LogP contribution in [0.5, 0.6) is 11.5 Å². The maximum absolute atomic E-state index is 6.00. The van der Waals surface area contributed by atoms with Gasteiger partial charge in [-0.2, -0.15) is 0 Å². The van der Waals surface area contributed by atoms with Crippen molar-refractivity contribution in [2.24, 2.45) is 4.99 Å². The first-order valence-corrected chi connectivity index (χ1v) is 8.13. The average Bonchev–Trinajstić information content (AvgIpc) is 2.67. The van der Waals surface area contributed by atoms with Gasteiger partial charge < -0.3 is 9.47 Å². The van der Waals surface area contributed by atoms with Crippen LogP contribution in [0.4, 0.5) is 5.69 Å². The third-order valence-corrected chi connectivity index (χ3v) is 3.81. The normalized spacial score (nSPS) is 10.8. The summed E-state index contributed by atoms with van der Waals surface area (Å²) in [6.45, 7) is 0.482. The van der Waals surface area contributed by atoms with E-state index in [0.717, 1.165) is 11.1 Å². The summed E-state index contributed by atoms with van der Waals surface area (Å²) in [5.74, 6) is 1.33. The Labute approximate surface area is 151 Å². The van der Waals surface area contributed by atoms with Gasteiger partial charge in [0.25, 0.3) is 0 Å². The molecular weight excluding hydrogens is 336 g/mol. The maximum Gasteiger partial charge on any atom is 0.161 e. The zero-order chi connectivity index (χ0) is 17.5. The van der Waals surface area contributed by atoms with Crippen molar-refractivity contribution in [1.82, 2.24) is 4.98 Å². The highest BCUT2D eigenvalue weighted by Gasteiger charge is 2.06. The molecule has 126 valence electrons. The first-order chi connectivity index (χ1) is 12.3. The van der Waals surface area contributed by atoms with Crippen LogP contribution in [0.15, 0.2) is 71.9 Å². The van der Waals surface area contributed by atoms with Gasteiger partial charge in [-0.05, 0) is 41.5 Å². The maximum atomic E-state index is 6.00. The van der Waals surface area contributed by atoms with Crippen molar-refractivity contribution in [3.63, 3.8) is 0 Å². The van der Waals surface area contributed by atoms with E-state index in [2.05, 4.69) is 9.98 Å². The number of aliphatic imine (C=N–C) groups is 1. The molecule has 1 heterocycles. The fourth-order valence-corrected chi connectivity index (χ4v) is 2.41. The fourth-order valence-electron chi connectivity index (χ4n) is 2.24. The summed E-state index contributed by atoms with van der Waals surface area (Å²) in [5, 5.41) is 0.369. The van der Waals surface area contributed by atoms with Crippen LogP contribution in [0.25, 0.3) is 0 Å². The van der Waals surface area contributed by atoms with E-state index in [4.69, 9.17) is 21.1 Å². The van der Waals surface area contributed by atoms with Crippen LogP contribution in [0.1, 0.15) is 11.1 Å². The van der Waals surface area contributed by atoms with Gasteiger partial charge in [-0.1, -0.05) is 41.9 Å². The van der Waals surface area contributed by atoms with Gasteiger partial charge in [0.05, 0.1) is 7.11 Å². The molecule has 0 aliphatic rings. The van der Waals surface area contributed by atoms with Crippen LogP contribution < -0.4 is 9.47 Å². The molecule has 0 atom stereocenters. The van der Waals surface area contributed by atoms with Gasteiger partial charge in [-0.3, -0.25) is 4.99 Å². The van der Waals surface area contributed by atoms with Crippen molar-refractivity contribution >= 4 is 23.5 Å². The van der Waals surface area contributed by atoms with Crippen LogP contribution in [0.3, 0.4) is 0 Å². The molecule has 3 rings (SSSR count). The molecule has 0 fully saturated rings. The van der Waals surface area contributed by atoms with Gasteiger partial charge in [0.1, 0.15) is 12.3 Å². The number of methoxy groups -OCH3 is 1. The molecule has 1 aromatic heterocycles. The summed E-state index contributed by atoms with van der Waals surface area (Å²) < 4.78 is 11.3. The molecule has 0 radical (unpaired) electrons. The lowest BCUT2D eigenvalue weighted by molar-refractivity contribution is 0.284. The van der Waals surface area contributed by atoms with Crippen molar-refractivity contribution in [1.29, 1.82) is 0 Å². The van der Waals surface area contributed by atoms with Gasteiger partial charge in [-0.25, -0.2) is 4.98 Å². The Bertz CT molecular complexity index is 867. The molecule has 0 aliphatic heterocycles. The Morgan fingerprint density at radius 2 is 1.88 bits per heavy atom. The molecular formula is C20H17ClN2O2. The Morgan fingerprint density at radius 3 is 2.64 bits per heavy atom. The minimum Gasteiger partial charge on any atom is -0.493 e. The topological polar surface area (TPSA) is 43.7 Å². The molecule has 0 aliphatic carbocycles. The Morgan fingerprint density at radius 1 is 1.04 bits per heavy atom. The first-order valence-electron chi connectivity index (χ1n) is 7.75. The zero-order valence-electron chi connectivity index (χ0n) is 13.7. The highest BCUT2D eigenvalue weighted by molar-refractivity contribution is 6.31. The van der Waals surface area contributed by atoms with Gasteiger partial charge in [0.15, 0.2) is 16.7 Å². The molecule has 0 N–H and O–H groups in total. The van der Waals surface area contributed by atoms with Gasteiger partial charge in [-0.15, -0.1) is 0 Å². The second kappa shape index (κ2) is 8.31. The summed E-state index contributed by atoms with van der Waals surface area (Å²) >= 11 is 6.00. The first kappa shape index (κ1) is 17.0. The molecule has 4 nitrogen and oxygen atoms in total. The summed E-state index contributed by atoms with van der Waals surface area (Å²) in [6, 6.07) is 19.2. The summed E-state index contributed by atoms with van der Waals surface area (Å²) in [4.78, 5) is 8.36. The van der Waals surface area contributed by atoms with Gasteiger partial charge >= 0.3 is 0 Å². The lowest BCUT2D eigenvalue weighted by Crippen LogP contribution is -1.98. The van der Waals surface area contributed by atoms with Gasteiger partial charge in [0, 0.05) is 12.4 Å². The third-order valence-electron chi connectivity index (χ3n) is 3.52. The van der Waals surface area contributed by atoms with E-state index >= 15 is 0 Å². The standard InChI is InChI=1S/C20H17ClN2O2/c1-24-19-12-16(13-23-17-8-5-11-22-20(17)21)9-10-18(19)25-14-15-6-3-2-4-7-15/h2-13H,14H2,1H3. The van der Waals surface area contributed by atoms with Gasteiger partial charge in [0.2, 0.25) is 0 Å². The minimum absolute atomic E-state index is 0.369. The van der Waals surface area contributed by atoms with Crippen LogP contribution in [-0.2, 0) is 6.61 Å². The van der Waals surface area contributed by atoms with Crippen molar-refractivity contribution in [3.05, 3.63) is 83.1 Å². The van der Waals surface area contributed by atoms with Crippen molar-refractivity contribution < 1.29 is 9.47 Å². The number of hydrogen-bond donors (Lipinski definition) is 0. The number of pyridine rings is 1. The number of aromatic nitrogens is 1. The number of benzene rings is 2. The largest absolute Gasteiger partial charge is 0.493 e. The molecule has 0 bridgehead atoms. The molecule has 0 amide bonds. The predicted octanol–water partition coefficient (Wildman–Crippen LogP) is 5.07. The molecule has 0 unspecified atom stereocenters. The monoisotopic (exact) mass is 352 g/mol. The van der Waals surface area contributed by atoms with E-state index in [1.54, 1.807) is 31.7 Å². The van der Waals surface area contributed by atoms with E-state index in [9.17, 15) is 0 Å². The van der Waals surface area contributed by atoms with E-state index < -0.39 is 0 Å². The predicted molar refractivity (Wildman–Crippen MR) is 100 cm³/mol. The van der Waals surface area contributed by atoms with Crippen LogP contribution in [-0.4, -0.2) is 18.3 Å². The molecule has 0 saturated heterocycles. The molecule has 3 aromatic rings. The van der Waals surface area contributed by atoms with E-state index in [1.165, 1.54) is 0 Å². The molecule has 0 spiro atoms. The lowest BCUT2D eigenvalue weighted by Gasteiger charge is -2.11. The smallest absolute Gasteiger partial charge is 0.161 e. The number of rotatable bonds is 6. The number of halogens is 1. The lowest BCUT2D eigenvalue weighted by atomic mass is 10.2. The minimum atomic E-state index is 0.369. The van der Waals surface area contributed by atoms with E-state index in [0.29, 0.717) is 28.9 Å². The Hall–Kier alpha value is -2.85. The van der Waals surface area contributed by atoms with E-state index in [1.807, 2.05) is 48.5 Å². The van der Waals surface area contributed by atoms with E-state index in [-0.39, 0.29) is 0 Å². The van der Waals surface area contributed by atoms with Crippen LogP contribution in [0, 0.1) is 0 Å². The number of hydrogen-bond acceptors (Lipinski definition) is 4. The second-order valence-electron chi connectivity index (χ2n) is 5.26. The number of ether oxygens (including phenoxy) is 2. The highest BCUT2D eigenvalue weighted by Crippen LogP contribution is 2.29. The third kappa shape index (κ3) is 4.58. The molecule has 2 aromatic carbocycles. The van der Waals surface area contributed by atoms with Crippen molar-refractivity contribution in [3.8, 4) is 11.5 Å². The van der Waals surface area contributed by atoms with Crippen molar-refractivity contribution in [2.75, 3.05) is 7.11 Å². The summed E-state index contributed by atoms with van der Waals surface area (Å²) in [6.07, 6.45) is 3.34. The Kier molecular flexibility index (Phi) is 5.65. The fraction of sp³-hybridized carbons (Fsp3) is 0.100. The van der Waals surface area contributed by atoms with Crippen LogP contribution >= 0.6 is 11.6 Å².